The number of benzene rings is 3. The molecule has 1 aliphatic rings. The van der Waals surface area contributed by atoms with Gasteiger partial charge in [-0.3, -0.25) is 0 Å². The first-order valence-electron chi connectivity index (χ1n) is 14.3. The first kappa shape index (κ1) is 25.7. The molecule has 2 aromatic heterocycles. The van der Waals surface area contributed by atoms with Gasteiger partial charge in [0.15, 0.2) is 0 Å². The van der Waals surface area contributed by atoms with Crippen LogP contribution in [-0.2, 0) is 0 Å². The molecule has 4 heteroatoms. The number of fused-ring (bicyclic) bond motifs is 4. The van der Waals surface area contributed by atoms with Crippen molar-refractivity contribution >= 4 is 55.7 Å². The lowest BCUT2D eigenvalue weighted by molar-refractivity contribution is 0.224. The van der Waals surface area contributed by atoms with Gasteiger partial charge in [0.1, 0.15) is 6.33 Å². The lowest BCUT2D eigenvalue weighted by Crippen LogP contribution is -2.42. The molecule has 1 fully saturated rings. The standard InChI is InChI=1S/C34H40N2SSi/c1-22(2)20-38(5,6)30-19-26(17-25-9-7-8-10-27(25)30)31-33-32(36-21-35-31)28-12-11-24(18-29(28)37-33)23-13-15-34(3,4)16-14-23/h7-12,17-19,21-23H,13-16,20H2,1-6H3. The third-order valence-electron chi connectivity index (χ3n) is 8.87. The molecule has 0 atom stereocenters. The quantitative estimate of drug-likeness (QED) is 0.209. The van der Waals surface area contributed by atoms with E-state index in [1.807, 2.05) is 11.3 Å². The van der Waals surface area contributed by atoms with Crippen molar-refractivity contribution in [1.29, 1.82) is 0 Å². The molecule has 0 saturated heterocycles. The lowest BCUT2D eigenvalue weighted by atomic mass is 9.71. The van der Waals surface area contributed by atoms with Gasteiger partial charge >= 0.3 is 0 Å². The van der Waals surface area contributed by atoms with Crippen LogP contribution in [0.1, 0.15) is 64.9 Å². The Labute approximate surface area is 232 Å². The van der Waals surface area contributed by atoms with Crippen LogP contribution in [0.5, 0.6) is 0 Å². The molecule has 2 nitrogen and oxygen atoms in total. The Morgan fingerprint density at radius 1 is 0.947 bits per heavy atom. The minimum atomic E-state index is -1.65. The van der Waals surface area contributed by atoms with Crippen molar-refractivity contribution in [1.82, 2.24) is 9.97 Å². The van der Waals surface area contributed by atoms with E-state index < -0.39 is 8.07 Å². The van der Waals surface area contributed by atoms with Crippen molar-refractivity contribution in [3.8, 4) is 11.3 Å². The monoisotopic (exact) mass is 536 g/mol. The molecular formula is C34H40N2SSi. The van der Waals surface area contributed by atoms with Gasteiger partial charge in [0, 0.05) is 15.6 Å². The molecule has 5 aromatic rings. The summed E-state index contributed by atoms with van der Waals surface area (Å²) in [5, 5.41) is 5.55. The van der Waals surface area contributed by atoms with E-state index >= 15 is 0 Å². The SMILES string of the molecule is CC(C)C[Si](C)(C)c1cc(-c2ncnc3c2sc2cc(C4CCC(C)(C)CC4)ccc23)cc2ccccc12. The molecule has 0 N–H and O–H groups in total. The normalized spacial score (nSPS) is 16.7. The van der Waals surface area contributed by atoms with Crippen molar-refractivity contribution in [2.24, 2.45) is 11.3 Å². The molecule has 0 amide bonds. The summed E-state index contributed by atoms with van der Waals surface area (Å²) in [5.41, 5.74) is 5.41. The predicted octanol–water partition coefficient (Wildman–Crippen LogP) is 9.92. The molecule has 0 spiro atoms. The summed E-state index contributed by atoms with van der Waals surface area (Å²) < 4.78 is 2.56. The fourth-order valence-corrected chi connectivity index (χ4v) is 11.9. The maximum atomic E-state index is 4.91. The maximum Gasteiger partial charge on any atom is 0.116 e. The first-order chi connectivity index (χ1) is 18.1. The highest BCUT2D eigenvalue weighted by Gasteiger charge is 2.29. The van der Waals surface area contributed by atoms with Gasteiger partial charge in [-0.2, -0.15) is 0 Å². The number of hydrogen-bond donors (Lipinski definition) is 0. The van der Waals surface area contributed by atoms with Crippen LogP contribution in [0.25, 0.3) is 42.3 Å². The average molecular weight is 537 g/mol. The molecule has 0 unspecified atom stereocenters. The zero-order valence-electron chi connectivity index (χ0n) is 23.8. The van der Waals surface area contributed by atoms with Crippen LogP contribution in [0.15, 0.2) is 60.9 Å². The van der Waals surface area contributed by atoms with Crippen molar-refractivity contribution in [2.45, 2.75) is 78.4 Å². The van der Waals surface area contributed by atoms with Crippen molar-refractivity contribution in [3.05, 3.63) is 66.5 Å². The number of hydrogen-bond acceptors (Lipinski definition) is 3. The molecule has 196 valence electrons. The minimum Gasteiger partial charge on any atom is -0.235 e. The largest absolute Gasteiger partial charge is 0.235 e. The number of nitrogens with zero attached hydrogens (tertiary/aromatic N) is 2. The van der Waals surface area contributed by atoms with E-state index in [9.17, 15) is 0 Å². The lowest BCUT2D eigenvalue weighted by Gasteiger charge is -2.34. The number of thiophene rings is 1. The zero-order chi connectivity index (χ0) is 26.7. The molecule has 1 saturated carbocycles. The third-order valence-corrected chi connectivity index (χ3v) is 13.7. The van der Waals surface area contributed by atoms with E-state index in [1.54, 1.807) is 11.5 Å². The molecule has 3 aromatic carbocycles. The fourth-order valence-electron chi connectivity index (χ4n) is 6.92. The Hall–Kier alpha value is -2.56. The van der Waals surface area contributed by atoms with Gasteiger partial charge in [-0.25, -0.2) is 9.97 Å². The second-order valence-corrected chi connectivity index (χ2v) is 19.2. The molecule has 1 aliphatic carbocycles. The highest BCUT2D eigenvalue weighted by Crippen LogP contribution is 2.44. The first-order valence-corrected chi connectivity index (χ1v) is 18.3. The van der Waals surface area contributed by atoms with Gasteiger partial charge in [-0.1, -0.05) is 94.5 Å². The summed E-state index contributed by atoms with van der Waals surface area (Å²) in [6, 6.07) is 22.2. The third kappa shape index (κ3) is 4.71. The predicted molar refractivity (Wildman–Crippen MR) is 170 cm³/mol. The highest BCUT2D eigenvalue weighted by molar-refractivity contribution is 7.26. The molecule has 0 bridgehead atoms. The van der Waals surface area contributed by atoms with Gasteiger partial charge in [0.05, 0.1) is 24.0 Å². The number of rotatable bonds is 5. The van der Waals surface area contributed by atoms with Gasteiger partial charge in [0.25, 0.3) is 0 Å². The Balaban J connectivity index is 1.48. The van der Waals surface area contributed by atoms with Gasteiger partial charge in [-0.15, -0.1) is 11.3 Å². The van der Waals surface area contributed by atoms with E-state index in [4.69, 9.17) is 9.97 Å². The van der Waals surface area contributed by atoms with E-state index in [2.05, 4.69) is 95.4 Å². The molecule has 0 aliphatic heterocycles. The van der Waals surface area contributed by atoms with Crippen LogP contribution in [0.2, 0.25) is 19.1 Å². The Kier molecular flexibility index (Phi) is 6.47. The molecular weight excluding hydrogens is 497 g/mol. The second kappa shape index (κ2) is 9.57. The van der Waals surface area contributed by atoms with Crippen molar-refractivity contribution in [2.75, 3.05) is 0 Å². The number of aromatic nitrogens is 2. The Morgan fingerprint density at radius 3 is 2.47 bits per heavy atom. The van der Waals surface area contributed by atoms with Gasteiger partial charge in [0.2, 0.25) is 0 Å². The summed E-state index contributed by atoms with van der Waals surface area (Å²) in [7, 11) is -1.65. The average Bonchev–Trinajstić information content (AvgIpc) is 3.25. The molecule has 38 heavy (non-hydrogen) atoms. The topological polar surface area (TPSA) is 25.8 Å². The smallest absolute Gasteiger partial charge is 0.116 e. The van der Waals surface area contributed by atoms with E-state index in [1.165, 1.54) is 68.4 Å². The summed E-state index contributed by atoms with van der Waals surface area (Å²) in [6.07, 6.45) is 7.00. The van der Waals surface area contributed by atoms with Gasteiger partial charge < -0.3 is 0 Å². The highest BCUT2D eigenvalue weighted by atomic mass is 32.1. The zero-order valence-corrected chi connectivity index (χ0v) is 25.6. The van der Waals surface area contributed by atoms with Crippen LogP contribution in [0.4, 0.5) is 0 Å². The Bertz CT molecular complexity index is 1640. The maximum absolute atomic E-state index is 4.91. The van der Waals surface area contributed by atoms with Crippen LogP contribution < -0.4 is 5.19 Å². The van der Waals surface area contributed by atoms with E-state index in [-0.39, 0.29) is 0 Å². The van der Waals surface area contributed by atoms with E-state index in [0.29, 0.717) is 17.3 Å². The van der Waals surface area contributed by atoms with Crippen LogP contribution in [0, 0.1) is 11.3 Å². The molecule has 2 heterocycles. The molecule has 6 rings (SSSR count). The summed E-state index contributed by atoms with van der Waals surface area (Å²) in [6.45, 7) is 14.6. The van der Waals surface area contributed by atoms with Gasteiger partial charge in [-0.05, 0) is 71.4 Å². The van der Waals surface area contributed by atoms with Crippen molar-refractivity contribution in [3.63, 3.8) is 0 Å². The van der Waals surface area contributed by atoms with Crippen molar-refractivity contribution < 1.29 is 0 Å². The van der Waals surface area contributed by atoms with Crippen LogP contribution in [-0.4, -0.2) is 18.0 Å². The summed E-state index contributed by atoms with van der Waals surface area (Å²) >= 11 is 1.88. The molecule has 0 radical (unpaired) electrons. The fraction of sp³-hybridized carbons (Fsp3) is 0.412. The second-order valence-electron chi connectivity index (χ2n) is 13.4. The van der Waals surface area contributed by atoms with Crippen LogP contribution >= 0.6 is 11.3 Å². The summed E-state index contributed by atoms with van der Waals surface area (Å²) in [4.78, 5) is 9.70. The minimum absolute atomic E-state index is 0.494. The van der Waals surface area contributed by atoms with Crippen LogP contribution in [0.3, 0.4) is 0 Å². The Morgan fingerprint density at radius 2 is 1.71 bits per heavy atom. The van der Waals surface area contributed by atoms with E-state index in [0.717, 1.165) is 11.2 Å². The summed E-state index contributed by atoms with van der Waals surface area (Å²) in [5.74, 6) is 1.37.